The summed E-state index contributed by atoms with van der Waals surface area (Å²) in [7, 11) is -3.31. The van der Waals surface area contributed by atoms with Crippen molar-refractivity contribution in [2.24, 2.45) is 0 Å². The van der Waals surface area contributed by atoms with Gasteiger partial charge in [0.05, 0.1) is 17.6 Å². The van der Waals surface area contributed by atoms with Crippen LogP contribution in [0.4, 0.5) is 11.6 Å². The number of para-hydroxylation sites is 1. The lowest BCUT2D eigenvalue weighted by atomic mass is 9.74. The third-order valence-corrected chi connectivity index (χ3v) is 7.92. The molecule has 1 N–H and O–H groups in total. The predicted octanol–water partition coefficient (Wildman–Crippen LogP) is 1.97. The normalized spacial score (nSPS) is 20.6. The van der Waals surface area contributed by atoms with E-state index in [1.807, 2.05) is 18.2 Å². The van der Waals surface area contributed by atoms with Crippen molar-refractivity contribution >= 4 is 21.7 Å². The van der Waals surface area contributed by atoms with E-state index in [2.05, 4.69) is 16.0 Å². The zero-order valence-electron chi connectivity index (χ0n) is 16.6. The van der Waals surface area contributed by atoms with Crippen molar-refractivity contribution < 1.29 is 8.42 Å². The van der Waals surface area contributed by atoms with Gasteiger partial charge in [0.1, 0.15) is 0 Å². The Kier molecular flexibility index (Phi) is 4.24. The van der Waals surface area contributed by atoms with Crippen molar-refractivity contribution in [2.75, 3.05) is 35.1 Å². The van der Waals surface area contributed by atoms with Gasteiger partial charge in [-0.3, -0.25) is 14.1 Å². The van der Waals surface area contributed by atoms with Crippen LogP contribution in [-0.2, 0) is 28.3 Å². The number of sulfonamides is 1. The topological polar surface area (TPSA) is 86.4 Å². The average Bonchev–Trinajstić information content (AvgIpc) is 3.03. The van der Waals surface area contributed by atoms with Gasteiger partial charge in [0.2, 0.25) is 16.0 Å². The molecule has 0 saturated carbocycles. The van der Waals surface area contributed by atoms with Gasteiger partial charge in [0, 0.05) is 30.6 Å². The van der Waals surface area contributed by atoms with Crippen LogP contribution in [-0.4, -0.2) is 44.3 Å². The highest BCUT2D eigenvalue weighted by Crippen LogP contribution is 2.48. The third-order valence-electron chi connectivity index (χ3n) is 6.79. The Morgan fingerprint density at radius 2 is 1.83 bits per heavy atom. The van der Waals surface area contributed by atoms with Crippen LogP contribution in [0.1, 0.15) is 42.5 Å². The fourth-order valence-electron chi connectivity index (χ4n) is 5.19. The molecule has 0 unspecified atom stereocenters. The molecule has 154 valence electrons. The number of benzene rings is 1. The number of piperidine rings is 1. The van der Waals surface area contributed by atoms with E-state index in [0.717, 1.165) is 74.1 Å². The summed E-state index contributed by atoms with van der Waals surface area (Å²) in [4.78, 5) is 22.4. The first-order valence-corrected chi connectivity index (χ1v) is 12.2. The van der Waals surface area contributed by atoms with Crippen LogP contribution in [0, 0.1) is 0 Å². The summed E-state index contributed by atoms with van der Waals surface area (Å²) in [6, 6.07) is 7.85. The molecule has 1 aliphatic carbocycles. The first-order chi connectivity index (χ1) is 13.9. The molecular weight excluding hydrogens is 388 g/mol. The van der Waals surface area contributed by atoms with Crippen LogP contribution in [0.5, 0.6) is 0 Å². The molecule has 0 amide bonds. The van der Waals surface area contributed by atoms with Crippen molar-refractivity contribution in [3.05, 3.63) is 51.4 Å². The van der Waals surface area contributed by atoms with Gasteiger partial charge < -0.3 is 4.90 Å². The van der Waals surface area contributed by atoms with Gasteiger partial charge in [-0.25, -0.2) is 13.4 Å². The summed E-state index contributed by atoms with van der Waals surface area (Å²) in [6.45, 7) is 1.98. The van der Waals surface area contributed by atoms with Gasteiger partial charge in [-0.2, -0.15) is 0 Å². The van der Waals surface area contributed by atoms with Gasteiger partial charge in [0.15, 0.2) is 0 Å². The average molecular weight is 415 g/mol. The van der Waals surface area contributed by atoms with Gasteiger partial charge in [0.25, 0.3) is 5.56 Å². The molecule has 1 saturated heterocycles. The first-order valence-electron chi connectivity index (χ1n) is 10.3. The monoisotopic (exact) mass is 414 g/mol. The van der Waals surface area contributed by atoms with E-state index in [1.54, 1.807) is 4.31 Å². The second kappa shape index (κ2) is 6.58. The molecule has 29 heavy (non-hydrogen) atoms. The number of H-pyrrole nitrogens is 1. The third kappa shape index (κ3) is 3.04. The second-order valence-corrected chi connectivity index (χ2v) is 10.5. The molecule has 2 aromatic rings. The number of hydrogen-bond acceptors (Lipinski definition) is 5. The van der Waals surface area contributed by atoms with Crippen molar-refractivity contribution in [2.45, 2.75) is 43.9 Å². The Hall–Kier alpha value is -2.35. The number of aryl methyl sites for hydroxylation is 1. The predicted molar refractivity (Wildman–Crippen MR) is 113 cm³/mol. The zero-order chi connectivity index (χ0) is 20.2. The molecule has 0 atom stereocenters. The Morgan fingerprint density at radius 3 is 2.59 bits per heavy atom. The SMILES string of the molecule is CS(=O)(=O)N1CC2(CCN(c3nc4c(c(=O)[nH]3)CCCC4)CC2)c2ccccc21. The summed E-state index contributed by atoms with van der Waals surface area (Å²) >= 11 is 0. The van der Waals surface area contributed by atoms with E-state index in [1.165, 1.54) is 6.26 Å². The Labute approximate surface area is 170 Å². The standard InChI is InChI=1S/C21H26N4O3S/c1-29(27,28)25-14-21(16-7-3-5-9-18(16)25)10-12-24(13-11-21)20-22-17-8-4-2-6-15(17)19(26)23-20/h3,5,7,9H,2,4,6,8,10-14H2,1H3,(H,22,23,26). The van der Waals surface area contributed by atoms with Crippen molar-refractivity contribution in [3.63, 3.8) is 0 Å². The highest BCUT2D eigenvalue weighted by atomic mass is 32.2. The molecular formula is C21H26N4O3S. The largest absolute Gasteiger partial charge is 0.342 e. The summed E-state index contributed by atoms with van der Waals surface area (Å²) in [6.07, 6.45) is 6.77. The maximum atomic E-state index is 12.5. The number of hydrogen-bond donors (Lipinski definition) is 1. The highest BCUT2D eigenvalue weighted by molar-refractivity contribution is 7.92. The lowest BCUT2D eigenvalue weighted by Gasteiger charge is -2.40. The molecule has 1 fully saturated rings. The minimum Gasteiger partial charge on any atom is -0.342 e. The van der Waals surface area contributed by atoms with Gasteiger partial charge in [-0.1, -0.05) is 18.2 Å². The summed E-state index contributed by atoms with van der Waals surface area (Å²) in [5.74, 6) is 0.664. The second-order valence-electron chi connectivity index (χ2n) is 8.58. The summed E-state index contributed by atoms with van der Waals surface area (Å²) in [5, 5.41) is 0. The molecule has 3 aliphatic rings. The maximum absolute atomic E-state index is 12.5. The Balaban J connectivity index is 1.42. The fraction of sp³-hybridized carbons (Fsp3) is 0.524. The van der Waals surface area contributed by atoms with Crippen molar-refractivity contribution in [1.29, 1.82) is 0 Å². The molecule has 0 bridgehead atoms. The molecule has 8 heteroatoms. The van der Waals surface area contributed by atoms with E-state index in [0.29, 0.717) is 12.5 Å². The smallest absolute Gasteiger partial charge is 0.255 e. The number of anilines is 2. The van der Waals surface area contributed by atoms with Crippen LogP contribution in [0.3, 0.4) is 0 Å². The number of nitrogens with one attached hydrogen (secondary N) is 1. The molecule has 2 aliphatic heterocycles. The van der Waals surface area contributed by atoms with Gasteiger partial charge >= 0.3 is 0 Å². The maximum Gasteiger partial charge on any atom is 0.255 e. The number of aromatic nitrogens is 2. The minimum absolute atomic E-state index is 0.000509. The quantitative estimate of drug-likeness (QED) is 0.812. The summed E-state index contributed by atoms with van der Waals surface area (Å²) in [5.41, 5.74) is 3.55. The summed E-state index contributed by atoms with van der Waals surface area (Å²) < 4.78 is 26.2. The molecule has 0 radical (unpaired) electrons. The molecule has 1 spiro atoms. The highest BCUT2D eigenvalue weighted by Gasteiger charge is 2.47. The van der Waals surface area contributed by atoms with E-state index in [-0.39, 0.29) is 11.0 Å². The van der Waals surface area contributed by atoms with Crippen molar-refractivity contribution in [3.8, 4) is 0 Å². The van der Waals surface area contributed by atoms with Gasteiger partial charge in [-0.15, -0.1) is 0 Å². The van der Waals surface area contributed by atoms with E-state index < -0.39 is 10.0 Å². The number of rotatable bonds is 2. The molecule has 5 rings (SSSR count). The lowest BCUT2D eigenvalue weighted by molar-refractivity contribution is 0.354. The molecule has 3 heterocycles. The van der Waals surface area contributed by atoms with Gasteiger partial charge in [-0.05, 0) is 50.2 Å². The van der Waals surface area contributed by atoms with E-state index in [4.69, 9.17) is 4.98 Å². The first kappa shape index (κ1) is 18.7. The van der Waals surface area contributed by atoms with Crippen molar-refractivity contribution in [1.82, 2.24) is 9.97 Å². The van der Waals surface area contributed by atoms with Crippen LogP contribution in [0.25, 0.3) is 0 Å². The van der Waals surface area contributed by atoms with Crippen LogP contribution in [0.2, 0.25) is 0 Å². The van der Waals surface area contributed by atoms with Crippen LogP contribution >= 0.6 is 0 Å². The minimum atomic E-state index is -3.31. The Morgan fingerprint density at radius 1 is 1.10 bits per heavy atom. The van der Waals surface area contributed by atoms with E-state index >= 15 is 0 Å². The lowest BCUT2D eigenvalue weighted by Crippen LogP contribution is -2.47. The number of aromatic amines is 1. The zero-order valence-corrected chi connectivity index (χ0v) is 17.5. The molecule has 1 aromatic carbocycles. The fourth-order valence-corrected chi connectivity index (χ4v) is 6.19. The number of fused-ring (bicyclic) bond motifs is 3. The molecule has 1 aromatic heterocycles. The van der Waals surface area contributed by atoms with E-state index in [9.17, 15) is 13.2 Å². The molecule has 7 nitrogen and oxygen atoms in total. The van der Waals surface area contributed by atoms with Crippen LogP contribution < -0.4 is 14.8 Å². The Bertz CT molecular complexity index is 1120. The van der Waals surface area contributed by atoms with Crippen LogP contribution in [0.15, 0.2) is 29.1 Å². The number of nitrogens with zero attached hydrogens (tertiary/aromatic N) is 3.